The van der Waals surface area contributed by atoms with Crippen molar-refractivity contribution in [2.24, 2.45) is 5.92 Å². The van der Waals surface area contributed by atoms with Crippen LogP contribution in [0.5, 0.6) is 5.75 Å². The zero-order chi connectivity index (χ0) is 26.2. The van der Waals surface area contributed by atoms with Crippen LogP contribution < -0.4 is 0 Å². The summed E-state index contributed by atoms with van der Waals surface area (Å²) < 4.78 is 6.43. The molecule has 5 nitrogen and oxygen atoms in total. The van der Waals surface area contributed by atoms with E-state index in [0.717, 1.165) is 60.7 Å². The number of piperidine rings is 1. The van der Waals surface area contributed by atoms with Crippen LogP contribution in [0.3, 0.4) is 0 Å². The largest absolute Gasteiger partial charge is 0.508 e. The van der Waals surface area contributed by atoms with Crippen molar-refractivity contribution < 1.29 is 14.6 Å². The van der Waals surface area contributed by atoms with Crippen molar-refractivity contribution in [3.05, 3.63) is 77.9 Å². The third-order valence-electron chi connectivity index (χ3n) is 8.83. The van der Waals surface area contributed by atoms with Gasteiger partial charge in [0.1, 0.15) is 5.75 Å². The fourth-order valence-electron chi connectivity index (χ4n) is 7.02. The van der Waals surface area contributed by atoms with Crippen LogP contribution in [-0.4, -0.2) is 66.2 Å². The number of phenols is 1. The van der Waals surface area contributed by atoms with Crippen molar-refractivity contribution in [3.63, 3.8) is 0 Å². The monoisotopic (exact) mass is 500 g/mol. The number of benzene rings is 3. The number of hydrogen-bond acceptors (Lipinski definition) is 4. The standard InChI is InChI=1S/C32H40N2O3/c1-23(2)21-34(30(36)26-13-12-24-8-5-6-9-25(24)18-26)28-14-15-32(37-4)22-33(3)17-16-31(32,20-28)27-10-7-11-29(35)19-27/h5-13,18-19,23,28,35H,14-17,20-22H2,1-4H3. The summed E-state index contributed by atoms with van der Waals surface area (Å²) in [4.78, 5) is 18.6. The van der Waals surface area contributed by atoms with E-state index in [9.17, 15) is 9.90 Å². The molecule has 0 spiro atoms. The number of phenolic OH excluding ortho intramolecular Hbond substituents is 1. The lowest BCUT2D eigenvalue weighted by atomic mass is 9.55. The number of fused-ring (bicyclic) bond motifs is 2. The topological polar surface area (TPSA) is 53.0 Å². The average Bonchev–Trinajstić information content (AvgIpc) is 2.90. The van der Waals surface area contributed by atoms with E-state index < -0.39 is 0 Å². The predicted molar refractivity (Wildman–Crippen MR) is 149 cm³/mol. The van der Waals surface area contributed by atoms with E-state index in [1.54, 1.807) is 6.07 Å². The number of ether oxygens (including phenoxy) is 1. The Morgan fingerprint density at radius 3 is 2.59 bits per heavy atom. The number of rotatable bonds is 6. The molecule has 3 atom stereocenters. The third-order valence-corrected chi connectivity index (χ3v) is 8.83. The Balaban J connectivity index is 1.55. The molecular weight excluding hydrogens is 460 g/mol. The van der Waals surface area contributed by atoms with Crippen LogP contribution in [0.15, 0.2) is 66.7 Å². The van der Waals surface area contributed by atoms with Crippen LogP contribution in [0.4, 0.5) is 0 Å². The predicted octanol–water partition coefficient (Wildman–Crippen LogP) is 5.85. The van der Waals surface area contributed by atoms with Crippen molar-refractivity contribution in [1.29, 1.82) is 0 Å². The molecule has 37 heavy (non-hydrogen) atoms. The molecule has 5 heteroatoms. The van der Waals surface area contributed by atoms with Crippen molar-refractivity contribution in [2.75, 3.05) is 33.8 Å². The van der Waals surface area contributed by atoms with E-state index in [0.29, 0.717) is 12.5 Å². The summed E-state index contributed by atoms with van der Waals surface area (Å²) in [5.41, 5.74) is 1.22. The normalized spacial score (nSPS) is 26.2. The number of carbonyl (C=O) groups excluding carboxylic acids is 1. The number of amides is 1. The summed E-state index contributed by atoms with van der Waals surface area (Å²) >= 11 is 0. The van der Waals surface area contributed by atoms with Gasteiger partial charge < -0.3 is 19.6 Å². The van der Waals surface area contributed by atoms with Gasteiger partial charge in [-0.2, -0.15) is 0 Å². The van der Waals surface area contributed by atoms with Crippen LogP contribution in [0.25, 0.3) is 10.8 Å². The molecule has 3 unspecified atom stereocenters. The lowest BCUT2D eigenvalue weighted by Gasteiger charge is -2.60. The first-order valence-corrected chi connectivity index (χ1v) is 13.6. The number of aromatic hydroxyl groups is 1. The molecule has 1 saturated carbocycles. The molecule has 3 aromatic carbocycles. The minimum atomic E-state index is -0.361. The first kappa shape index (κ1) is 25.7. The molecule has 1 aliphatic carbocycles. The average molecular weight is 501 g/mol. The number of likely N-dealkylation sites (tertiary alicyclic amines) is 1. The van der Waals surface area contributed by atoms with E-state index in [-0.39, 0.29) is 28.7 Å². The van der Waals surface area contributed by atoms with Crippen LogP contribution in [0, 0.1) is 5.92 Å². The SMILES string of the molecule is COC12CCC(N(CC(C)C)C(=O)c3ccc4ccccc4c3)CC1(c1cccc(O)c1)CCN(C)C2. The molecule has 1 heterocycles. The molecule has 0 bridgehead atoms. The molecule has 196 valence electrons. The number of nitrogens with zero attached hydrogens (tertiary/aromatic N) is 2. The van der Waals surface area contributed by atoms with Gasteiger partial charge in [-0.05, 0) is 85.8 Å². The lowest BCUT2D eigenvalue weighted by Crippen LogP contribution is -2.67. The molecule has 0 aromatic heterocycles. The fraction of sp³-hybridized carbons (Fsp3) is 0.469. The Kier molecular flexibility index (Phi) is 7.03. The number of carbonyl (C=O) groups is 1. The van der Waals surface area contributed by atoms with Gasteiger partial charge in [-0.3, -0.25) is 4.79 Å². The van der Waals surface area contributed by atoms with Gasteiger partial charge in [-0.25, -0.2) is 0 Å². The maximum Gasteiger partial charge on any atom is 0.254 e. The highest BCUT2D eigenvalue weighted by molar-refractivity contribution is 5.98. The molecule has 5 rings (SSSR count). The van der Waals surface area contributed by atoms with E-state index in [4.69, 9.17) is 4.74 Å². The van der Waals surface area contributed by atoms with Gasteiger partial charge >= 0.3 is 0 Å². The first-order chi connectivity index (χ1) is 17.8. The second-order valence-corrected chi connectivity index (χ2v) is 11.6. The Morgan fingerprint density at radius 2 is 1.86 bits per heavy atom. The maximum absolute atomic E-state index is 14.1. The molecule has 1 amide bonds. The van der Waals surface area contributed by atoms with Crippen molar-refractivity contribution in [2.45, 2.75) is 56.6 Å². The van der Waals surface area contributed by atoms with E-state index in [1.807, 2.05) is 43.5 Å². The van der Waals surface area contributed by atoms with Gasteiger partial charge in [0, 0.05) is 37.2 Å². The Morgan fingerprint density at radius 1 is 1.08 bits per heavy atom. The summed E-state index contributed by atoms with van der Waals surface area (Å²) in [6.07, 6.45) is 3.52. The molecule has 1 N–H and O–H groups in total. The highest BCUT2D eigenvalue weighted by atomic mass is 16.5. The molecule has 2 aliphatic rings. The van der Waals surface area contributed by atoms with E-state index >= 15 is 0 Å². The molecule has 2 fully saturated rings. The number of likely N-dealkylation sites (N-methyl/N-ethyl adjacent to an activating group) is 1. The highest BCUT2D eigenvalue weighted by Gasteiger charge is 2.59. The highest BCUT2D eigenvalue weighted by Crippen LogP contribution is 2.54. The van der Waals surface area contributed by atoms with Crippen molar-refractivity contribution >= 4 is 16.7 Å². The summed E-state index contributed by atoms with van der Waals surface area (Å²) in [6, 6.07) is 22.1. The summed E-state index contributed by atoms with van der Waals surface area (Å²) in [6.45, 7) is 6.88. The Bertz CT molecular complexity index is 1270. The second kappa shape index (κ2) is 10.1. The van der Waals surface area contributed by atoms with Crippen LogP contribution in [0.2, 0.25) is 0 Å². The van der Waals surface area contributed by atoms with E-state index in [2.05, 4.69) is 55.0 Å². The number of methoxy groups -OCH3 is 1. The zero-order valence-corrected chi connectivity index (χ0v) is 22.6. The van der Waals surface area contributed by atoms with Gasteiger partial charge in [-0.1, -0.05) is 56.3 Å². The summed E-state index contributed by atoms with van der Waals surface area (Å²) in [5.74, 6) is 0.741. The quantitative estimate of drug-likeness (QED) is 0.461. The molecule has 1 aliphatic heterocycles. The minimum absolute atomic E-state index is 0.0930. The minimum Gasteiger partial charge on any atom is -0.508 e. The summed E-state index contributed by atoms with van der Waals surface area (Å²) in [7, 11) is 4.00. The van der Waals surface area contributed by atoms with Gasteiger partial charge in [0.2, 0.25) is 0 Å². The lowest BCUT2D eigenvalue weighted by molar-refractivity contribution is -0.150. The third kappa shape index (κ3) is 4.64. The van der Waals surface area contributed by atoms with Crippen molar-refractivity contribution in [1.82, 2.24) is 9.80 Å². The van der Waals surface area contributed by atoms with Crippen LogP contribution >= 0.6 is 0 Å². The van der Waals surface area contributed by atoms with Crippen LogP contribution in [-0.2, 0) is 10.2 Å². The van der Waals surface area contributed by atoms with Gasteiger partial charge in [0.25, 0.3) is 5.91 Å². The maximum atomic E-state index is 14.1. The second-order valence-electron chi connectivity index (χ2n) is 11.6. The Labute approximate surface area is 221 Å². The van der Waals surface area contributed by atoms with Crippen LogP contribution in [0.1, 0.15) is 55.5 Å². The molecular formula is C32H40N2O3. The Hall–Kier alpha value is -2.89. The molecule has 0 radical (unpaired) electrons. The van der Waals surface area contributed by atoms with Gasteiger partial charge in [0.15, 0.2) is 0 Å². The fourth-order valence-corrected chi connectivity index (χ4v) is 7.02. The first-order valence-electron chi connectivity index (χ1n) is 13.6. The molecule has 1 saturated heterocycles. The summed E-state index contributed by atoms with van der Waals surface area (Å²) in [5, 5.41) is 12.7. The smallest absolute Gasteiger partial charge is 0.254 e. The zero-order valence-electron chi connectivity index (χ0n) is 22.6. The van der Waals surface area contributed by atoms with Crippen molar-refractivity contribution in [3.8, 4) is 5.75 Å². The van der Waals surface area contributed by atoms with E-state index in [1.165, 1.54) is 0 Å². The number of hydrogen-bond donors (Lipinski definition) is 1. The van der Waals surface area contributed by atoms with Gasteiger partial charge in [0.05, 0.1) is 5.60 Å². The molecule has 3 aromatic rings. The van der Waals surface area contributed by atoms with Gasteiger partial charge in [-0.15, -0.1) is 0 Å².